The molecular formula is C13H12BrN3S. The number of nitrogens with one attached hydrogen (secondary N) is 1. The number of aromatic nitrogens is 1. The van der Waals surface area contributed by atoms with Crippen LogP contribution in [0.15, 0.2) is 41.0 Å². The summed E-state index contributed by atoms with van der Waals surface area (Å²) in [5.74, 6) is 0. The van der Waals surface area contributed by atoms with Crippen LogP contribution in [-0.2, 0) is 0 Å². The molecule has 92 valence electrons. The molecule has 0 spiro atoms. The van der Waals surface area contributed by atoms with Gasteiger partial charge >= 0.3 is 0 Å². The molecule has 3 N–H and O–H groups in total. The molecule has 0 atom stereocenters. The summed E-state index contributed by atoms with van der Waals surface area (Å²) in [4.78, 5) is 4.39. The van der Waals surface area contributed by atoms with Gasteiger partial charge in [-0.2, -0.15) is 0 Å². The summed E-state index contributed by atoms with van der Waals surface area (Å²) >= 11 is 8.41. The van der Waals surface area contributed by atoms with Crippen LogP contribution in [0, 0.1) is 6.92 Å². The van der Waals surface area contributed by atoms with Crippen LogP contribution in [0.1, 0.15) is 11.3 Å². The maximum atomic E-state index is 5.55. The van der Waals surface area contributed by atoms with Crippen molar-refractivity contribution >= 4 is 44.5 Å². The largest absolute Gasteiger partial charge is 0.388 e. The average Bonchev–Trinajstić information content (AvgIpc) is 2.34. The zero-order chi connectivity index (χ0) is 13.1. The second kappa shape index (κ2) is 5.46. The van der Waals surface area contributed by atoms with Crippen LogP contribution in [0.3, 0.4) is 0 Å². The number of nitrogens with two attached hydrogens (primary N) is 1. The number of thiocarbonyl (C=S) groups is 1. The second-order valence-electron chi connectivity index (χ2n) is 3.88. The summed E-state index contributed by atoms with van der Waals surface area (Å²) in [5.41, 5.74) is 9.26. The quantitative estimate of drug-likeness (QED) is 0.849. The molecule has 5 heteroatoms. The average molecular weight is 322 g/mol. The van der Waals surface area contributed by atoms with Crippen molar-refractivity contribution in [1.29, 1.82) is 0 Å². The second-order valence-corrected chi connectivity index (χ2v) is 5.18. The minimum Gasteiger partial charge on any atom is -0.388 e. The lowest BCUT2D eigenvalue weighted by Crippen LogP contribution is -2.11. The molecule has 1 aromatic carbocycles. The van der Waals surface area contributed by atoms with Gasteiger partial charge in [-0.3, -0.25) is 4.98 Å². The smallest absolute Gasteiger partial charge is 0.122 e. The maximum Gasteiger partial charge on any atom is 0.122 e. The summed E-state index contributed by atoms with van der Waals surface area (Å²) in [6.45, 7) is 2.05. The van der Waals surface area contributed by atoms with E-state index in [0.717, 1.165) is 15.8 Å². The Balaban J connectivity index is 2.25. The molecule has 1 heterocycles. The van der Waals surface area contributed by atoms with Crippen LogP contribution < -0.4 is 11.1 Å². The van der Waals surface area contributed by atoms with Crippen molar-refractivity contribution in [3.8, 4) is 0 Å². The fourth-order valence-electron chi connectivity index (χ4n) is 1.48. The summed E-state index contributed by atoms with van der Waals surface area (Å²) in [5, 5.41) is 3.28. The van der Waals surface area contributed by atoms with Crippen LogP contribution >= 0.6 is 28.1 Å². The molecule has 0 fully saturated rings. The van der Waals surface area contributed by atoms with Gasteiger partial charge in [-0.25, -0.2) is 0 Å². The SMILES string of the molecule is Cc1ccc(Nc2ccnc(C(N)=S)c2)cc1Br. The van der Waals surface area contributed by atoms with Crippen molar-refractivity contribution in [2.24, 2.45) is 5.73 Å². The molecule has 0 bridgehead atoms. The Morgan fingerprint density at radius 1 is 1.28 bits per heavy atom. The van der Waals surface area contributed by atoms with Gasteiger partial charge in [0.05, 0.1) is 5.69 Å². The van der Waals surface area contributed by atoms with Crippen LogP contribution in [0.25, 0.3) is 0 Å². The fourth-order valence-corrected chi connectivity index (χ4v) is 1.97. The highest BCUT2D eigenvalue weighted by molar-refractivity contribution is 9.10. The number of halogens is 1. The van der Waals surface area contributed by atoms with Gasteiger partial charge in [-0.05, 0) is 36.8 Å². The van der Waals surface area contributed by atoms with Crippen molar-refractivity contribution in [3.63, 3.8) is 0 Å². The summed E-state index contributed by atoms with van der Waals surface area (Å²) in [6, 6.07) is 9.78. The Kier molecular flexibility index (Phi) is 3.93. The monoisotopic (exact) mass is 321 g/mol. The molecule has 18 heavy (non-hydrogen) atoms. The van der Waals surface area contributed by atoms with E-state index in [4.69, 9.17) is 18.0 Å². The van der Waals surface area contributed by atoms with Crippen molar-refractivity contribution < 1.29 is 0 Å². The summed E-state index contributed by atoms with van der Waals surface area (Å²) < 4.78 is 1.07. The van der Waals surface area contributed by atoms with Crippen molar-refractivity contribution in [2.45, 2.75) is 6.92 Å². The number of benzene rings is 1. The lowest BCUT2D eigenvalue weighted by Gasteiger charge is -2.09. The fraction of sp³-hybridized carbons (Fsp3) is 0.0769. The minimum absolute atomic E-state index is 0.295. The third-order valence-corrected chi connectivity index (χ3v) is 3.54. The van der Waals surface area contributed by atoms with E-state index in [1.165, 1.54) is 5.56 Å². The zero-order valence-electron chi connectivity index (χ0n) is 9.77. The van der Waals surface area contributed by atoms with Crippen LogP contribution in [0.2, 0.25) is 0 Å². The predicted octanol–water partition coefficient (Wildman–Crippen LogP) is 3.53. The van der Waals surface area contributed by atoms with Crippen molar-refractivity contribution in [1.82, 2.24) is 4.98 Å². The van der Waals surface area contributed by atoms with E-state index < -0.39 is 0 Å². The Hall–Kier alpha value is -1.46. The normalized spacial score (nSPS) is 10.1. The third-order valence-electron chi connectivity index (χ3n) is 2.47. The molecule has 0 saturated carbocycles. The first-order valence-electron chi connectivity index (χ1n) is 5.35. The number of pyridine rings is 1. The van der Waals surface area contributed by atoms with Gasteiger partial charge in [0.15, 0.2) is 0 Å². The molecule has 0 amide bonds. The van der Waals surface area contributed by atoms with Crippen molar-refractivity contribution in [2.75, 3.05) is 5.32 Å². The summed E-state index contributed by atoms with van der Waals surface area (Å²) in [6.07, 6.45) is 1.68. The van der Waals surface area contributed by atoms with Crippen LogP contribution in [0.5, 0.6) is 0 Å². The molecule has 0 aliphatic heterocycles. The predicted molar refractivity (Wildman–Crippen MR) is 82.3 cm³/mol. The topological polar surface area (TPSA) is 50.9 Å². The van der Waals surface area contributed by atoms with E-state index in [0.29, 0.717) is 10.7 Å². The maximum absolute atomic E-state index is 5.55. The number of hydrogen-bond donors (Lipinski definition) is 2. The zero-order valence-corrected chi connectivity index (χ0v) is 12.2. The molecule has 2 aromatic rings. The Bertz CT molecular complexity index is 599. The first-order valence-corrected chi connectivity index (χ1v) is 6.55. The van der Waals surface area contributed by atoms with E-state index in [9.17, 15) is 0 Å². The number of anilines is 2. The molecule has 0 radical (unpaired) electrons. The standard InChI is InChI=1S/C13H12BrN3S/c1-8-2-3-9(6-11(8)14)17-10-4-5-16-12(7-10)13(15)18/h2-7H,1H3,(H2,15,18)(H,16,17). The number of aryl methyl sites for hydroxylation is 1. The van der Waals surface area contributed by atoms with Crippen molar-refractivity contribution in [3.05, 3.63) is 52.3 Å². The molecule has 2 rings (SSSR count). The van der Waals surface area contributed by atoms with Gasteiger partial charge in [0.1, 0.15) is 4.99 Å². The number of nitrogens with zero attached hydrogens (tertiary/aromatic N) is 1. The first kappa shape index (κ1) is 13.0. The molecule has 3 nitrogen and oxygen atoms in total. The number of hydrogen-bond acceptors (Lipinski definition) is 3. The summed E-state index contributed by atoms with van der Waals surface area (Å²) in [7, 11) is 0. The Morgan fingerprint density at radius 3 is 2.67 bits per heavy atom. The Morgan fingerprint density at radius 2 is 2.00 bits per heavy atom. The molecule has 0 saturated heterocycles. The van der Waals surface area contributed by atoms with Gasteiger partial charge in [-0.15, -0.1) is 0 Å². The van der Waals surface area contributed by atoms with E-state index in [2.05, 4.69) is 26.2 Å². The highest BCUT2D eigenvalue weighted by Crippen LogP contribution is 2.23. The van der Waals surface area contributed by atoms with Gasteiger partial charge < -0.3 is 11.1 Å². The lowest BCUT2D eigenvalue weighted by atomic mass is 10.2. The van der Waals surface area contributed by atoms with Crippen LogP contribution in [-0.4, -0.2) is 9.97 Å². The highest BCUT2D eigenvalue weighted by atomic mass is 79.9. The van der Waals surface area contributed by atoms with E-state index in [-0.39, 0.29) is 0 Å². The van der Waals surface area contributed by atoms with Crippen LogP contribution in [0.4, 0.5) is 11.4 Å². The first-order chi connectivity index (χ1) is 8.56. The van der Waals surface area contributed by atoms with Gasteiger partial charge in [0, 0.05) is 22.0 Å². The molecular weight excluding hydrogens is 310 g/mol. The third kappa shape index (κ3) is 3.05. The highest BCUT2D eigenvalue weighted by Gasteiger charge is 2.01. The molecule has 0 unspecified atom stereocenters. The molecule has 0 aliphatic rings. The van der Waals surface area contributed by atoms with Gasteiger partial charge in [-0.1, -0.05) is 34.2 Å². The number of rotatable bonds is 3. The molecule has 1 aromatic heterocycles. The lowest BCUT2D eigenvalue weighted by molar-refractivity contribution is 1.29. The van der Waals surface area contributed by atoms with E-state index in [1.807, 2.05) is 37.3 Å². The van der Waals surface area contributed by atoms with E-state index >= 15 is 0 Å². The molecule has 0 aliphatic carbocycles. The van der Waals surface area contributed by atoms with Gasteiger partial charge in [0.2, 0.25) is 0 Å². The van der Waals surface area contributed by atoms with Gasteiger partial charge in [0.25, 0.3) is 0 Å². The minimum atomic E-state index is 0.295. The Labute approximate surface area is 120 Å². The van der Waals surface area contributed by atoms with E-state index in [1.54, 1.807) is 6.20 Å².